The number of thioether (sulfide) groups is 1. The highest BCUT2D eigenvalue weighted by molar-refractivity contribution is 7.98. The number of hydrogen-bond donors (Lipinski definition) is 2. The minimum Gasteiger partial charge on any atom is -0.484 e. The maximum Gasteiger partial charge on any atom is 0.258 e. The molecule has 29 heavy (non-hydrogen) atoms. The van der Waals surface area contributed by atoms with E-state index in [4.69, 9.17) is 4.74 Å². The molecular weight excluding hydrogens is 388 g/mol. The topological polar surface area (TPSA) is 83.6 Å². The van der Waals surface area contributed by atoms with E-state index >= 15 is 0 Å². The molecule has 1 heterocycles. The molecule has 156 valence electrons. The van der Waals surface area contributed by atoms with Gasteiger partial charge in [-0.1, -0.05) is 24.3 Å². The summed E-state index contributed by atoms with van der Waals surface area (Å²) in [6.07, 6.45) is 4.22. The summed E-state index contributed by atoms with van der Waals surface area (Å²) in [6.45, 7) is 0.201. The zero-order chi connectivity index (χ0) is 21.1. The van der Waals surface area contributed by atoms with Gasteiger partial charge >= 0.3 is 0 Å². The molecule has 7 nitrogen and oxygen atoms in total. The van der Waals surface area contributed by atoms with Crippen molar-refractivity contribution in [3.8, 4) is 5.75 Å². The molecule has 2 rings (SSSR count). The first-order chi connectivity index (χ1) is 14.0. The van der Waals surface area contributed by atoms with Gasteiger partial charge in [-0.25, -0.2) is 4.98 Å². The van der Waals surface area contributed by atoms with Crippen LogP contribution in [0.15, 0.2) is 48.7 Å². The molecule has 0 bridgehead atoms. The first-order valence-corrected chi connectivity index (χ1v) is 10.8. The lowest BCUT2D eigenvalue weighted by molar-refractivity contribution is -0.130. The Kier molecular flexibility index (Phi) is 9.30. The number of benzene rings is 1. The molecule has 2 N–H and O–H groups in total. The highest BCUT2D eigenvalue weighted by Gasteiger charge is 2.21. The lowest BCUT2D eigenvalue weighted by Gasteiger charge is -2.20. The molecule has 0 radical (unpaired) electrons. The van der Waals surface area contributed by atoms with Crippen molar-refractivity contribution in [3.05, 3.63) is 54.2 Å². The number of rotatable bonds is 11. The maximum absolute atomic E-state index is 12.7. The average Bonchev–Trinajstić information content (AvgIpc) is 2.74. The fraction of sp³-hybridized carbons (Fsp3) is 0.381. The number of nitrogens with one attached hydrogen (secondary N) is 2. The number of para-hydroxylation sites is 1. The third kappa shape index (κ3) is 7.65. The van der Waals surface area contributed by atoms with Crippen molar-refractivity contribution in [2.24, 2.45) is 0 Å². The SMILES string of the molecule is CSCCC(NC(=O)COc1ccccc1)C(=O)NCc1cccnc1N(C)C. The second kappa shape index (κ2) is 12.0. The molecule has 1 unspecified atom stereocenters. The van der Waals surface area contributed by atoms with Gasteiger partial charge in [-0.3, -0.25) is 9.59 Å². The number of pyridine rings is 1. The molecule has 0 aliphatic heterocycles. The van der Waals surface area contributed by atoms with Crippen LogP contribution in [0.1, 0.15) is 12.0 Å². The first-order valence-electron chi connectivity index (χ1n) is 9.36. The summed E-state index contributed by atoms with van der Waals surface area (Å²) >= 11 is 1.63. The van der Waals surface area contributed by atoms with Crippen LogP contribution in [0.2, 0.25) is 0 Å². The smallest absolute Gasteiger partial charge is 0.258 e. The number of carbonyl (C=O) groups is 2. The highest BCUT2D eigenvalue weighted by Crippen LogP contribution is 2.14. The Labute approximate surface area is 176 Å². The van der Waals surface area contributed by atoms with Crippen molar-refractivity contribution in [1.82, 2.24) is 15.6 Å². The van der Waals surface area contributed by atoms with E-state index in [1.807, 2.05) is 55.6 Å². The molecule has 0 saturated heterocycles. The molecule has 2 aromatic rings. The molecule has 1 aromatic carbocycles. The Morgan fingerprint density at radius 3 is 2.62 bits per heavy atom. The monoisotopic (exact) mass is 416 g/mol. The van der Waals surface area contributed by atoms with Crippen LogP contribution in [-0.2, 0) is 16.1 Å². The van der Waals surface area contributed by atoms with Crippen molar-refractivity contribution in [2.75, 3.05) is 37.6 Å². The Morgan fingerprint density at radius 1 is 1.17 bits per heavy atom. The predicted octanol–water partition coefficient (Wildman–Crippen LogP) is 2.08. The number of aromatic nitrogens is 1. The van der Waals surface area contributed by atoms with Crippen molar-refractivity contribution in [1.29, 1.82) is 0 Å². The largest absolute Gasteiger partial charge is 0.484 e. The fourth-order valence-corrected chi connectivity index (χ4v) is 3.15. The zero-order valence-corrected chi connectivity index (χ0v) is 17.9. The molecule has 2 amide bonds. The maximum atomic E-state index is 12.7. The lowest BCUT2D eigenvalue weighted by atomic mass is 10.2. The number of hydrogen-bond acceptors (Lipinski definition) is 6. The van der Waals surface area contributed by atoms with Gasteiger partial charge in [-0.05, 0) is 36.6 Å². The Morgan fingerprint density at radius 2 is 1.93 bits per heavy atom. The lowest BCUT2D eigenvalue weighted by Crippen LogP contribution is -2.48. The normalized spacial score (nSPS) is 11.4. The number of carbonyl (C=O) groups excluding carboxylic acids is 2. The standard InChI is InChI=1S/C21H28N4O3S/c1-25(2)20-16(8-7-12-22-20)14-23-21(27)18(11-13-29-3)24-19(26)15-28-17-9-5-4-6-10-17/h4-10,12,18H,11,13-15H2,1-3H3,(H,23,27)(H,24,26). The zero-order valence-electron chi connectivity index (χ0n) is 17.1. The van der Waals surface area contributed by atoms with Crippen molar-refractivity contribution < 1.29 is 14.3 Å². The van der Waals surface area contributed by atoms with E-state index in [1.54, 1.807) is 30.1 Å². The van der Waals surface area contributed by atoms with Crippen LogP contribution in [0.5, 0.6) is 5.75 Å². The number of nitrogens with zero attached hydrogens (tertiary/aromatic N) is 2. The van der Waals surface area contributed by atoms with Gasteiger partial charge in [0, 0.05) is 32.4 Å². The highest BCUT2D eigenvalue weighted by atomic mass is 32.2. The van der Waals surface area contributed by atoms with Crippen LogP contribution in [0, 0.1) is 0 Å². The fourth-order valence-electron chi connectivity index (χ4n) is 2.68. The minimum atomic E-state index is -0.617. The third-order valence-electron chi connectivity index (χ3n) is 4.12. The van der Waals surface area contributed by atoms with E-state index in [9.17, 15) is 9.59 Å². The summed E-state index contributed by atoms with van der Waals surface area (Å²) in [6, 6.07) is 12.2. The summed E-state index contributed by atoms with van der Waals surface area (Å²) in [5, 5.41) is 5.69. The van der Waals surface area contributed by atoms with Crippen molar-refractivity contribution >= 4 is 29.4 Å². The molecule has 8 heteroatoms. The predicted molar refractivity (Wildman–Crippen MR) is 117 cm³/mol. The van der Waals surface area contributed by atoms with Crippen LogP contribution in [0.3, 0.4) is 0 Å². The van der Waals surface area contributed by atoms with Crippen LogP contribution in [0.25, 0.3) is 0 Å². The van der Waals surface area contributed by atoms with E-state index in [1.165, 1.54) is 0 Å². The third-order valence-corrected chi connectivity index (χ3v) is 4.76. The molecule has 0 fully saturated rings. The second-order valence-corrected chi connectivity index (χ2v) is 7.59. The van der Waals surface area contributed by atoms with E-state index in [0.29, 0.717) is 18.7 Å². The number of amides is 2. The molecule has 0 saturated carbocycles. The van der Waals surface area contributed by atoms with E-state index < -0.39 is 6.04 Å². The first kappa shape index (κ1) is 22.5. The molecule has 0 aliphatic carbocycles. The van der Waals surface area contributed by atoms with Gasteiger partial charge in [0.2, 0.25) is 5.91 Å². The minimum absolute atomic E-state index is 0.138. The van der Waals surface area contributed by atoms with Crippen molar-refractivity contribution in [3.63, 3.8) is 0 Å². The molecule has 0 aliphatic rings. The van der Waals surface area contributed by atoms with Gasteiger partial charge in [-0.2, -0.15) is 11.8 Å². The second-order valence-electron chi connectivity index (χ2n) is 6.60. The summed E-state index contributed by atoms with van der Waals surface area (Å²) in [4.78, 5) is 31.2. The quantitative estimate of drug-likeness (QED) is 0.584. The van der Waals surface area contributed by atoms with Crippen LogP contribution < -0.4 is 20.3 Å². The molecule has 1 atom stereocenters. The van der Waals surface area contributed by atoms with Gasteiger partial charge in [0.25, 0.3) is 5.91 Å². The van der Waals surface area contributed by atoms with Crippen LogP contribution >= 0.6 is 11.8 Å². The van der Waals surface area contributed by atoms with Gasteiger partial charge in [0.15, 0.2) is 6.61 Å². The Balaban J connectivity index is 1.92. The van der Waals surface area contributed by atoms with Gasteiger partial charge in [-0.15, -0.1) is 0 Å². The van der Waals surface area contributed by atoms with Gasteiger partial charge in [0.05, 0.1) is 0 Å². The summed E-state index contributed by atoms with van der Waals surface area (Å²) in [5.74, 6) is 1.62. The molecule has 0 spiro atoms. The van der Waals surface area contributed by atoms with E-state index in [0.717, 1.165) is 17.1 Å². The average molecular weight is 417 g/mol. The van der Waals surface area contributed by atoms with Crippen molar-refractivity contribution in [2.45, 2.75) is 19.0 Å². The van der Waals surface area contributed by atoms with Gasteiger partial charge < -0.3 is 20.3 Å². The van der Waals surface area contributed by atoms with E-state index in [-0.39, 0.29) is 18.4 Å². The molecule has 1 aromatic heterocycles. The van der Waals surface area contributed by atoms with Crippen LogP contribution in [0.4, 0.5) is 5.82 Å². The Bertz CT molecular complexity index is 787. The molecular formula is C21H28N4O3S. The number of anilines is 1. The van der Waals surface area contributed by atoms with E-state index in [2.05, 4.69) is 15.6 Å². The Hall–Kier alpha value is -2.74. The summed E-state index contributed by atoms with van der Waals surface area (Å²) in [7, 11) is 3.81. The summed E-state index contributed by atoms with van der Waals surface area (Å²) in [5.41, 5.74) is 0.910. The number of ether oxygens (including phenoxy) is 1. The summed E-state index contributed by atoms with van der Waals surface area (Å²) < 4.78 is 5.46. The van der Waals surface area contributed by atoms with Gasteiger partial charge in [0.1, 0.15) is 17.6 Å². The van der Waals surface area contributed by atoms with Crippen LogP contribution in [-0.4, -0.2) is 55.6 Å².